The first-order valence-electron chi connectivity index (χ1n) is 12.5. The zero-order chi connectivity index (χ0) is 26.0. The Morgan fingerprint density at radius 3 is 2.46 bits per heavy atom. The molecule has 0 fully saturated rings. The minimum atomic E-state index is -1.17. The van der Waals surface area contributed by atoms with E-state index in [9.17, 15) is 4.79 Å². The Morgan fingerprint density at radius 1 is 1.11 bits per heavy atom. The van der Waals surface area contributed by atoms with Gasteiger partial charge in [0.05, 0.1) is 17.5 Å². The molecule has 3 rings (SSSR count). The topological polar surface area (TPSA) is 69.0 Å². The molecule has 0 radical (unpaired) electrons. The van der Waals surface area contributed by atoms with Crippen molar-refractivity contribution in [3.8, 4) is 11.3 Å². The normalized spacial score (nSPS) is 12.8. The summed E-state index contributed by atoms with van der Waals surface area (Å²) in [6, 6.07) is 9.29. The molecule has 0 aliphatic rings. The van der Waals surface area contributed by atoms with Gasteiger partial charge in [-0.3, -0.25) is 4.79 Å². The number of Topliss-reactive ketones (excluding diaryl/α,β-unsaturated/α-hetero) is 1. The number of aromatic nitrogens is 3. The summed E-state index contributed by atoms with van der Waals surface area (Å²) in [6.45, 7) is 21.4. The molecular weight excluding hydrogens is 452 g/mol. The number of nitrogens with zero attached hydrogens (tertiary/aromatic N) is 3. The first-order chi connectivity index (χ1) is 16.1. The molecule has 2 aromatic heterocycles. The van der Waals surface area contributed by atoms with Crippen molar-refractivity contribution in [3.05, 3.63) is 42.2 Å². The summed E-state index contributed by atoms with van der Waals surface area (Å²) in [7, 11) is -1.17. The van der Waals surface area contributed by atoms with Gasteiger partial charge in [0.25, 0.3) is 0 Å². The molecule has 6 nitrogen and oxygen atoms in total. The van der Waals surface area contributed by atoms with Crippen molar-refractivity contribution in [2.45, 2.75) is 74.0 Å². The van der Waals surface area contributed by atoms with Crippen LogP contribution in [0.25, 0.3) is 22.4 Å². The molecule has 7 heteroatoms. The third kappa shape index (κ3) is 7.48. The Labute approximate surface area is 211 Å². The Balaban J connectivity index is 1.96. The highest BCUT2D eigenvalue weighted by Gasteiger charge is 2.28. The number of anilines is 1. The van der Waals surface area contributed by atoms with Crippen LogP contribution in [-0.4, -0.2) is 41.5 Å². The van der Waals surface area contributed by atoms with Crippen LogP contribution in [0.3, 0.4) is 0 Å². The zero-order valence-corrected chi connectivity index (χ0v) is 24.0. The van der Waals surface area contributed by atoms with E-state index < -0.39 is 13.5 Å². The molecule has 0 saturated carbocycles. The van der Waals surface area contributed by atoms with Gasteiger partial charge < -0.3 is 14.6 Å². The quantitative estimate of drug-likeness (QED) is 0.195. The second-order valence-electron chi connectivity index (χ2n) is 12.9. The van der Waals surface area contributed by atoms with Gasteiger partial charge in [0, 0.05) is 44.1 Å². The number of ketones is 1. The highest BCUT2D eigenvalue weighted by atomic mass is 28.3. The van der Waals surface area contributed by atoms with Gasteiger partial charge in [-0.2, -0.15) is 0 Å². The van der Waals surface area contributed by atoms with Gasteiger partial charge >= 0.3 is 0 Å². The Hall–Kier alpha value is -2.51. The van der Waals surface area contributed by atoms with Crippen LogP contribution < -0.4 is 5.32 Å². The summed E-state index contributed by atoms with van der Waals surface area (Å²) in [5.74, 6) is 0.0513. The monoisotopic (exact) mass is 494 g/mol. The van der Waals surface area contributed by atoms with Crippen molar-refractivity contribution in [1.29, 1.82) is 0 Å². The van der Waals surface area contributed by atoms with Crippen molar-refractivity contribution in [2.75, 3.05) is 18.5 Å². The molecule has 0 aliphatic heterocycles. The predicted molar refractivity (Wildman–Crippen MR) is 149 cm³/mol. The van der Waals surface area contributed by atoms with Gasteiger partial charge in [0.1, 0.15) is 12.2 Å². The maximum Gasteiger partial charge on any atom is 0.171 e. The number of benzene rings is 1. The fourth-order valence-corrected chi connectivity index (χ4v) is 4.31. The van der Waals surface area contributed by atoms with Gasteiger partial charge in [0.15, 0.2) is 11.4 Å². The van der Waals surface area contributed by atoms with E-state index in [1.807, 2.05) is 43.7 Å². The lowest BCUT2D eigenvalue weighted by Gasteiger charge is -2.20. The lowest BCUT2D eigenvalue weighted by atomic mass is 9.87. The highest BCUT2D eigenvalue weighted by Crippen LogP contribution is 2.29. The lowest BCUT2D eigenvalue weighted by molar-refractivity contribution is 0.0849. The van der Waals surface area contributed by atoms with E-state index in [0.29, 0.717) is 30.1 Å². The van der Waals surface area contributed by atoms with Crippen LogP contribution >= 0.6 is 0 Å². The number of nitrogens with one attached hydrogen (secondary N) is 1. The van der Waals surface area contributed by atoms with Crippen molar-refractivity contribution in [3.63, 3.8) is 0 Å². The molecule has 1 N–H and O–H groups in total. The number of carbonyl (C=O) groups is 1. The summed E-state index contributed by atoms with van der Waals surface area (Å²) in [6.07, 6.45) is 3.65. The number of carbonyl (C=O) groups excluding carboxylic acids is 1. The predicted octanol–water partition coefficient (Wildman–Crippen LogP) is 7.10. The van der Waals surface area contributed by atoms with Crippen molar-refractivity contribution in [1.82, 2.24) is 14.5 Å². The molecule has 0 bridgehead atoms. The van der Waals surface area contributed by atoms with Crippen LogP contribution in [0.15, 0.2) is 36.7 Å². The van der Waals surface area contributed by atoms with Crippen LogP contribution in [0.5, 0.6) is 0 Å². The molecule has 3 aromatic rings. The summed E-state index contributed by atoms with van der Waals surface area (Å²) < 4.78 is 7.89. The minimum Gasteiger partial charge on any atom is -0.385 e. The molecule has 1 aromatic carbocycles. The SMILES string of the molecule is CC(C)(C)CNc1cccc(-c2cnc3c(n2)c(C(=O)C(C)(C)C)cn3COCC[Si](C)(C)C)c1. The standard InChI is InChI=1S/C28H42N4O2Si/c1-27(2,3)18-30-21-12-10-11-20(15-21)23-16-29-26-24(31-23)22(25(33)28(4,5)6)17-32(26)19-34-13-14-35(7,8)9/h10-12,15-17,30H,13-14,18-19H2,1-9H3. The van der Waals surface area contributed by atoms with Crippen molar-refractivity contribution >= 4 is 30.7 Å². The molecular formula is C28H42N4O2Si. The summed E-state index contributed by atoms with van der Waals surface area (Å²) >= 11 is 0. The summed E-state index contributed by atoms with van der Waals surface area (Å²) in [5.41, 5.74) is 4.31. The van der Waals surface area contributed by atoms with Crippen molar-refractivity contribution < 1.29 is 9.53 Å². The molecule has 2 heterocycles. The lowest BCUT2D eigenvalue weighted by Crippen LogP contribution is -2.22. The van der Waals surface area contributed by atoms with Gasteiger partial charge in [-0.1, -0.05) is 73.3 Å². The Bertz CT molecular complexity index is 1180. The molecule has 0 unspecified atom stereocenters. The van der Waals surface area contributed by atoms with Crippen LogP contribution in [0.2, 0.25) is 25.7 Å². The van der Waals surface area contributed by atoms with Crippen molar-refractivity contribution in [2.24, 2.45) is 10.8 Å². The van der Waals surface area contributed by atoms with Crippen LogP contribution in [0.4, 0.5) is 5.69 Å². The molecule has 190 valence electrons. The maximum absolute atomic E-state index is 13.3. The summed E-state index contributed by atoms with van der Waals surface area (Å²) in [5, 5.41) is 3.50. The average molecular weight is 495 g/mol. The summed E-state index contributed by atoms with van der Waals surface area (Å²) in [4.78, 5) is 23.0. The first-order valence-corrected chi connectivity index (χ1v) is 16.2. The second kappa shape index (κ2) is 10.2. The van der Waals surface area contributed by atoms with E-state index in [2.05, 4.69) is 57.9 Å². The third-order valence-corrected chi connectivity index (χ3v) is 7.40. The number of ether oxygens (including phenoxy) is 1. The van der Waals surface area contributed by atoms with Crippen LogP contribution in [0.1, 0.15) is 51.9 Å². The fourth-order valence-electron chi connectivity index (χ4n) is 3.56. The molecule has 0 saturated heterocycles. The Kier molecular flexibility index (Phi) is 7.92. The molecule has 0 spiro atoms. The fraction of sp³-hybridized carbons (Fsp3) is 0.536. The largest absolute Gasteiger partial charge is 0.385 e. The smallest absolute Gasteiger partial charge is 0.171 e. The number of rotatable bonds is 9. The number of hydrogen-bond donors (Lipinski definition) is 1. The van der Waals surface area contributed by atoms with E-state index in [1.165, 1.54) is 0 Å². The molecule has 0 amide bonds. The zero-order valence-electron chi connectivity index (χ0n) is 23.0. The van der Waals surface area contributed by atoms with E-state index in [0.717, 1.165) is 29.5 Å². The average Bonchev–Trinajstić information content (AvgIpc) is 3.11. The van der Waals surface area contributed by atoms with Crippen LogP contribution in [-0.2, 0) is 11.5 Å². The third-order valence-electron chi connectivity index (χ3n) is 5.70. The first kappa shape index (κ1) is 27.1. The van der Waals surface area contributed by atoms with Gasteiger partial charge in [-0.05, 0) is 23.6 Å². The Morgan fingerprint density at radius 2 is 1.83 bits per heavy atom. The number of hydrogen-bond acceptors (Lipinski definition) is 5. The van der Waals surface area contributed by atoms with Gasteiger partial charge in [-0.25, -0.2) is 9.97 Å². The molecule has 35 heavy (non-hydrogen) atoms. The second-order valence-corrected chi connectivity index (χ2v) is 18.5. The molecule has 0 atom stereocenters. The van der Waals surface area contributed by atoms with Gasteiger partial charge in [-0.15, -0.1) is 0 Å². The van der Waals surface area contributed by atoms with E-state index in [-0.39, 0.29) is 11.2 Å². The highest BCUT2D eigenvalue weighted by molar-refractivity contribution is 6.76. The van der Waals surface area contributed by atoms with E-state index in [4.69, 9.17) is 14.7 Å². The molecule has 0 aliphatic carbocycles. The minimum absolute atomic E-state index is 0.0513. The van der Waals surface area contributed by atoms with Crippen LogP contribution in [0, 0.1) is 10.8 Å². The van der Waals surface area contributed by atoms with E-state index >= 15 is 0 Å². The van der Waals surface area contributed by atoms with Gasteiger partial charge in [0.2, 0.25) is 0 Å². The van der Waals surface area contributed by atoms with E-state index in [1.54, 1.807) is 6.20 Å². The maximum atomic E-state index is 13.3. The number of fused-ring (bicyclic) bond motifs is 1.